The van der Waals surface area contributed by atoms with Crippen molar-refractivity contribution in [2.45, 2.75) is 58.5 Å². The van der Waals surface area contributed by atoms with E-state index in [4.69, 9.17) is 0 Å². The molecule has 1 heterocycles. The third-order valence-electron chi connectivity index (χ3n) is 4.23. The van der Waals surface area contributed by atoms with Crippen molar-refractivity contribution in [3.05, 3.63) is 35.4 Å². The molecular formula is C18H30N2. The van der Waals surface area contributed by atoms with Crippen LogP contribution in [0.5, 0.6) is 0 Å². The molecule has 1 atom stereocenters. The first kappa shape index (κ1) is 15.5. The van der Waals surface area contributed by atoms with Gasteiger partial charge in [-0.1, -0.05) is 45.0 Å². The first-order valence-corrected chi connectivity index (χ1v) is 8.23. The number of hydrogen-bond acceptors (Lipinski definition) is 2. The van der Waals surface area contributed by atoms with Crippen LogP contribution >= 0.6 is 0 Å². The summed E-state index contributed by atoms with van der Waals surface area (Å²) in [6.45, 7) is 11.5. The average Bonchev–Trinajstić information content (AvgIpc) is 2.92. The zero-order chi connectivity index (χ0) is 14.4. The van der Waals surface area contributed by atoms with Gasteiger partial charge < -0.3 is 5.32 Å². The van der Waals surface area contributed by atoms with E-state index < -0.39 is 0 Å². The van der Waals surface area contributed by atoms with Gasteiger partial charge in [-0.25, -0.2) is 0 Å². The van der Waals surface area contributed by atoms with Crippen molar-refractivity contribution >= 4 is 0 Å². The molecule has 1 N–H and O–H groups in total. The van der Waals surface area contributed by atoms with E-state index in [2.05, 4.69) is 55.3 Å². The van der Waals surface area contributed by atoms with Crippen molar-refractivity contribution in [2.75, 3.05) is 19.6 Å². The SMILES string of the molecule is CCCN(Cc1ccc(C(C)C)cc1)CC1CCCN1. The Labute approximate surface area is 124 Å². The van der Waals surface area contributed by atoms with Gasteiger partial charge in [0.05, 0.1) is 0 Å². The summed E-state index contributed by atoms with van der Waals surface area (Å²) < 4.78 is 0. The largest absolute Gasteiger partial charge is 0.313 e. The predicted octanol–water partition coefficient (Wildman–Crippen LogP) is 3.77. The summed E-state index contributed by atoms with van der Waals surface area (Å²) in [6, 6.07) is 9.90. The first-order chi connectivity index (χ1) is 9.69. The minimum absolute atomic E-state index is 0.624. The lowest BCUT2D eigenvalue weighted by molar-refractivity contribution is 0.241. The molecule has 112 valence electrons. The molecule has 1 unspecified atom stereocenters. The molecule has 0 aromatic heterocycles. The second-order valence-corrected chi connectivity index (χ2v) is 6.42. The predicted molar refractivity (Wildman–Crippen MR) is 87.1 cm³/mol. The third kappa shape index (κ3) is 4.60. The van der Waals surface area contributed by atoms with Crippen LogP contribution in [0.25, 0.3) is 0 Å². The van der Waals surface area contributed by atoms with Gasteiger partial charge >= 0.3 is 0 Å². The number of benzene rings is 1. The first-order valence-electron chi connectivity index (χ1n) is 8.23. The van der Waals surface area contributed by atoms with E-state index in [1.807, 2.05) is 0 Å². The van der Waals surface area contributed by atoms with E-state index in [1.54, 1.807) is 0 Å². The summed E-state index contributed by atoms with van der Waals surface area (Å²) >= 11 is 0. The van der Waals surface area contributed by atoms with Crippen LogP contribution in [0.1, 0.15) is 57.1 Å². The quantitative estimate of drug-likeness (QED) is 0.814. The van der Waals surface area contributed by atoms with Crippen LogP contribution in [0.15, 0.2) is 24.3 Å². The van der Waals surface area contributed by atoms with Crippen molar-refractivity contribution in [3.63, 3.8) is 0 Å². The molecular weight excluding hydrogens is 244 g/mol. The second kappa shape index (κ2) is 7.80. The Morgan fingerprint density at radius 2 is 2.00 bits per heavy atom. The van der Waals surface area contributed by atoms with Crippen LogP contribution in [0.4, 0.5) is 0 Å². The number of nitrogens with zero attached hydrogens (tertiary/aromatic N) is 1. The van der Waals surface area contributed by atoms with Crippen molar-refractivity contribution in [3.8, 4) is 0 Å². The molecule has 1 fully saturated rings. The molecule has 1 aliphatic rings. The third-order valence-corrected chi connectivity index (χ3v) is 4.23. The molecule has 1 aliphatic heterocycles. The summed E-state index contributed by atoms with van der Waals surface area (Å²) in [5, 5.41) is 3.61. The van der Waals surface area contributed by atoms with Gasteiger partial charge in [0, 0.05) is 19.1 Å². The van der Waals surface area contributed by atoms with Gasteiger partial charge in [-0.3, -0.25) is 4.90 Å². The van der Waals surface area contributed by atoms with Crippen molar-refractivity contribution in [1.29, 1.82) is 0 Å². The standard InChI is InChI=1S/C18H30N2/c1-4-12-20(14-18-6-5-11-19-18)13-16-7-9-17(10-8-16)15(2)3/h7-10,15,18-19H,4-6,11-14H2,1-3H3. The fourth-order valence-corrected chi connectivity index (χ4v) is 3.04. The molecule has 0 spiro atoms. The maximum Gasteiger partial charge on any atom is 0.0234 e. The fraction of sp³-hybridized carbons (Fsp3) is 0.667. The highest BCUT2D eigenvalue weighted by Crippen LogP contribution is 2.16. The Bertz CT molecular complexity index is 377. The van der Waals surface area contributed by atoms with E-state index in [9.17, 15) is 0 Å². The van der Waals surface area contributed by atoms with Gasteiger partial charge in [-0.2, -0.15) is 0 Å². The van der Waals surface area contributed by atoms with Crippen LogP contribution in [0.3, 0.4) is 0 Å². The van der Waals surface area contributed by atoms with Gasteiger partial charge in [0.1, 0.15) is 0 Å². The van der Waals surface area contributed by atoms with E-state index >= 15 is 0 Å². The van der Waals surface area contributed by atoms with E-state index in [0.29, 0.717) is 12.0 Å². The van der Waals surface area contributed by atoms with Crippen LogP contribution in [-0.4, -0.2) is 30.6 Å². The van der Waals surface area contributed by atoms with Crippen LogP contribution < -0.4 is 5.32 Å². The van der Waals surface area contributed by atoms with Crippen LogP contribution in [-0.2, 0) is 6.54 Å². The molecule has 0 radical (unpaired) electrons. The minimum Gasteiger partial charge on any atom is -0.313 e. The molecule has 1 aromatic rings. The molecule has 2 heteroatoms. The van der Waals surface area contributed by atoms with Gasteiger partial charge in [-0.15, -0.1) is 0 Å². The molecule has 0 amide bonds. The van der Waals surface area contributed by atoms with E-state index in [-0.39, 0.29) is 0 Å². The van der Waals surface area contributed by atoms with E-state index in [1.165, 1.54) is 50.0 Å². The summed E-state index contributed by atoms with van der Waals surface area (Å²) in [5.41, 5.74) is 2.88. The Balaban J connectivity index is 1.92. The smallest absolute Gasteiger partial charge is 0.0234 e. The average molecular weight is 274 g/mol. The maximum atomic E-state index is 3.61. The van der Waals surface area contributed by atoms with E-state index in [0.717, 1.165) is 6.54 Å². The lowest BCUT2D eigenvalue weighted by Crippen LogP contribution is -2.37. The molecule has 0 saturated carbocycles. The maximum absolute atomic E-state index is 3.61. The molecule has 0 bridgehead atoms. The van der Waals surface area contributed by atoms with Gasteiger partial charge in [0.2, 0.25) is 0 Å². The number of nitrogens with one attached hydrogen (secondary N) is 1. The topological polar surface area (TPSA) is 15.3 Å². The van der Waals surface area contributed by atoms with Crippen molar-refractivity contribution < 1.29 is 0 Å². The van der Waals surface area contributed by atoms with Crippen LogP contribution in [0, 0.1) is 0 Å². The zero-order valence-corrected chi connectivity index (χ0v) is 13.4. The number of rotatable bonds is 7. The molecule has 20 heavy (non-hydrogen) atoms. The monoisotopic (exact) mass is 274 g/mol. The van der Waals surface area contributed by atoms with Crippen LogP contribution in [0.2, 0.25) is 0 Å². The Morgan fingerprint density at radius 3 is 2.55 bits per heavy atom. The molecule has 1 aromatic carbocycles. The van der Waals surface area contributed by atoms with Gasteiger partial charge in [0.15, 0.2) is 0 Å². The Morgan fingerprint density at radius 1 is 1.25 bits per heavy atom. The highest BCUT2D eigenvalue weighted by atomic mass is 15.1. The summed E-state index contributed by atoms with van der Waals surface area (Å²) in [4.78, 5) is 2.60. The Kier molecular flexibility index (Phi) is 6.06. The zero-order valence-electron chi connectivity index (χ0n) is 13.4. The molecule has 2 rings (SSSR count). The van der Waals surface area contributed by atoms with Gasteiger partial charge in [-0.05, 0) is 49.4 Å². The molecule has 0 aliphatic carbocycles. The highest BCUT2D eigenvalue weighted by Gasteiger charge is 2.17. The Hall–Kier alpha value is -0.860. The molecule has 1 saturated heterocycles. The lowest BCUT2D eigenvalue weighted by Gasteiger charge is -2.25. The number of hydrogen-bond donors (Lipinski definition) is 1. The second-order valence-electron chi connectivity index (χ2n) is 6.42. The summed E-state index contributed by atoms with van der Waals surface area (Å²) in [6.07, 6.45) is 3.91. The highest BCUT2D eigenvalue weighted by molar-refractivity contribution is 5.24. The van der Waals surface area contributed by atoms with Gasteiger partial charge in [0.25, 0.3) is 0 Å². The summed E-state index contributed by atoms with van der Waals surface area (Å²) in [7, 11) is 0. The van der Waals surface area contributed by atoms with Crippen molar-refractivity contribution in [2.24, 2.45) is 0 Å². The minimum atomic E-state index is 0.624. The lowest BCUT2D eigenvalue weighted by atomic mass is 10.0. The normalized spacial score (nSPS) is 19.1. The molecule has 2 nitrogen and oxygen atoms in total. The fourth-order valence-electron chi connectivity index (χ4n) is 3.04. The summed E-state index contributed by atoms with van der Waals surface area (Å²) in [5.74, 6) is 0.624. The van der Waals surface area contributed by atoms with Crippen molar-refractivity contribution in [1.82, 2.24) is 10.2 Å².